The first-order chi connectivity index (χ1) is 38.2. The first kappa shape index (κ1) is 53.5. The zero-order valence-electron chi connectivity index (χ0n) is 45.8. The summed E-state index contributed by atoms with van der Waals surface area (Å²) in [7, 11) is 0. The molecule has 5 aromatic carbocycles. The third-order valence-electron chi connectivity index (χ3n) is 16.9. The molecule has 2 fully saturated rings. The van der Waals surface area contributed by atoms with Crippen LogP contribution in [0.25, 0.3) is 78.5 Å². The van der Waals surface area contributed by atoms with Crippen LogP contribution in [0, 0.1) is 18.2 Å². The first-order valence-corrected chi connectivity index (χ1v) is 28.3. The molecule has 0 saturated heterocycles. The maximum Gasteiger partial charge on any atom is 3.00 e. The summed E-state index contributed by atoms with van der Waals surface area (Å²) in [4.78, 5) is 25.1. The van der Waals surface area contributed by atoms with Crippen molar-refractivity contribution in [3.63, 3.8) is 0 Å². The second-order valence-electron chi connectivity index (χ2n) is 22.6. The van der Waals surface area contributed by atoms with Crippen molar-refractivity contribution < 1.29 is 20.1 Å². The third kappa shape index (κ3) is 11.1. The van der Waals surface area contributed by atoms with Crippen molar-refractivity contribution in [3.8, 4) is 78.5 Å². The molecule has 5 aromatic heterocycles. The Balaban J connectivity index is 0.00000660. The molecule has 5 nitrogen and oxygen atoms in total. The standard InChI is InChI=1S/C73H66N5.Ir/c1-50(2)63-42-59(47-77-70(63)67-27-13-19-37-74-67)72(33-15-16-34-72)45-52-39-53(46-73(35-17-18-36-73)60-43-64(51(3)4)71(78-48-60)68-28-14-20-38-75-68)41-58(40-52)61-25-11-12-26-62(61)66-49-76-69(57-23-9-6-10-24-57)44-65(66)56-31-29-55(30-32-56)54-21-7-5-8-22-54;/h5-14,19-23,25-26,29-32,37-44,47-51H,15-18,33-36,45-46H2,1-4H3;/q-3;+3. The van der Waals surface area contributed by atoms with Gasteiger partial charge in [-0.25, -0.2) is 0 Å². The number of benzene rings is 5. The van der Waals surface area contributed by atoms with Crippen LogP contribution in [0.4, 0.5) is 0 Å². The number of hydrogen-bond acceptors (Lipinski definition) is 5. The molecular weight excluding hydrogens is 1140 g/mol. The van der Waals surface area contributed by atoms with Crippen molar-refractivity contribution in [2.75, 3.05) is 0 Å². The summed E-state index contributed by atoms with van der Waals surface area (Å²) in [6.07, 6.45) is 21.2. The van der Waals surface area contributed by atoms with Gasteiger partial charge >= 0.3 is 20.1 Å². The number of aromatic nitrogens is 5. The molecule has 79 heavy (non-hydrogen) atoms. The SMILES string of the molecule is CC(C)c1cc(C2(Cc3cc(CC4(c5cnc(-c6[c-]cccn6)c(C(C)C)c5)CCCC4)cc(-c4ccccc4-c4cnc(-c5[c-]cccc5)cc4-c4ccc(-c5ccccc5)cc4)c3)CCCC2)cnc1-c1[c-]cccn1.[Ir+3]. The minimum atomic E-state index is -0.0643. The van der Waals surface area contributed by atoms with Gasteiger partial charge in [0.15, 0.2) is 0 Å². The predicted molar refractivity (Wildman–Crippen MR) is 319 cm³/mol. The summed E-state index contributed by atoms with van der Waals surface area (Å²) >= 11 is 0. The molecule has 0 spiro atoms. The van der Waals surface area contributed by atoms with Crippen LogP contribution < -0.4 is 0 Å². The van der Waals surface area contributed by atoms with E-state index in [9.17, 15) is 0 Å². The predicted octanol–water partition coefficient (Wildman–Crippen LogP) is 18.1. The van der Waals surface area contributed by atoms with Crippen molar-refractivity contribution in [2.24, 2.45) is 0 Å². The van der Waals surface area contributed by atoms with Crippen LogP contribution in [-0.2, 0) is 43.8 Å². The van der Waals surface area contributed by atoms with Crippen molar-refractivity contribution in [1.29, 1.82) is 0 Å². The van der Waals surface area contributed by atoms with Crippen LogP contribution in [0.3, 0.4) is 0 Å². The van der Waals surface area contributed by atoms with E-state index >= 15 is 0 Å². The second kappa shape index (κ2) is 23.5. The fourth-order valence-corrected chi connectivity index (χ4v) is 12.9. The third-order valence-corrected chi connectivity index (χ3v) is 16.9. The minimum Gasteiger partial charge on any atom is -0.317 e. The topological polar surface area (TPSA) is 64.5 Å². The number of pyridine rings is 5. The number of rotatable bonds is 15. The molecule has 392 valence electrons. The second-order valence-corrected chi connectivity index (χ2v) is 22.6. The fourth-order valence-electron chi connectivity index (χ4n) is 12.9. The summed E-state index contributed by atoms with van der Waals surface area (Å²) in [6.45, 7) is 9.11. The molecule has 6 heteroatoms. The van der Waals surface area contributed by atoms with E-state index in [2.05, 4.69) is 192 Å². The van der Waals surface area contributed by atoms with Crippen LogP contribution in [0.1, 0.15) is 124 Å². The average molecular weight is 1210 g/mol. The first-order valence-electron chi connectivity index (χ1n) is 28.3. The van der Waals surface area contributed by atoms with Gasteiger partial charge in [-0.05, 0) is 152 Å². The van der Waals surface area contributed by atoms with Gasteiger partial charge in [0.1, 0.15) is 0 Å². The van der Waals surface area contributed by atoms with Gasteiger partial charge in [-0.1, -0.05) is 180 Å². The molecule has 0 amide bonds. The average Bonchev–Trinajstić information content (AvgIpc) is 4.34. The van der Waals surface area contributed by atoms with E-state index in [0.717, 1.165) is 94.8 Å². The van der Waals surface area contributed by atoms with Gasteiger partial charge < -0.3 is 15.0 Å². The molecule has 5 heterocycles. The van der Waals surface area contributed by atoms with Gasteiger partial charge in [0.05, 0.1) is 0 Å². The maximum atomic E-state index is 5.25. The zero-order valence-corrected chi connectivity index (χ0v) is 48.2. The molecule has 0 bridgehead atoms. The van der Waals surface area contributed by atoms with E-state index in [-0.39, 0.29) is 42.8 Å². The Bertz CT molecular complexity index is 3540. The molecule has 2 saturated carbocycles. The van der Waals surface area contributed by atoms with Crippen LogP contribution in [0.5, 0.6) is 0 Å². The van der Waals surface area contributed by atoms with Crippen molar-refractivity contribution in [1.82, 2.24) is 24.9 Å². The molecule has 12 rings (SSSR count). The Labute approximate surface area is 481 Å². The Morgan fingerprint density at radius 2 is 0.924 bits per heavy atom. The van der Waals surface area contributed by atoms with E-state index in [0.29, 0.717) is 0 Å². The Hall–Kier alpha value is -7.50. The van der Waals surface area contributed by atoms with E-state index in [1.54, 1.807) is 0 Å². The smallest absolute Gasteiger partial charge is 0.317 e. The van der Waals surface area contributed by atoms with Crippen molar-refractivity contribution in [3.05, 3.63) is 246 Å². The summed E-state index contributed by atoms with van der Waals surface area (Å²) in [5.41, 5.74) is 22.4. The van der Waals surface area contributed by atoms with Crippen molar-refractivity contribution >= 4 is 0 Å². The summed E-state index contributed by atoms with van der Waals surface area (Å²) in [5.74, 6) is 0.552. The van der Waals surface area contributed by atoms with E-state index in [1.165, 1.54) is 81.3 Å². The van der Waals surface area contributed by atoms with E-state index < -0.39 is 0 Å². The monoisotopic (exact) mass is 1210 g/mol. The molecule has 0 atom stereocenters. The van der Waals surface area contributed by atoms with E-state index in [1.807, 2.05) is 48.8 Å². The Morgan fingerprint density at radius 3 is 1.44 bits per heavy atom. The molecule has 10 aromatic rings. The molecule has 2 aliphatic rings. The number of nitrogens with zero attached hydrogens (tertiary/aromatic N) is 5. The maximum absolute atomic E-state index is 5.25. The fraction of sp³-hybridized carbons (Fsp3) is 0.247. The molecule has 0 radical (unpaired) electrons. The van der Waals surface area contributed by atoms with E-state index in [4.69, 9.17) is 24.9 Å². The largest absolute Gasteiger partial charge is 3.00 e. The summed E-state index contributed by atoms with van der Waals surface area (Å²) < 4.78 is 0. The number of hydrogen-bond donors (Lipinski definition) is 0. The van der Waals surface area contributed by atoms with Gasteiger partial charge in [-0.15, -0.1) is 48.0 Å². The van der Waals surface area contributed by atoms with Gasteiger partial charge in [-0.3, -0.25) is 9.97 Å². The van der Waals surface area contributed by atoms with Gasteiger partial charge in [0.2, 0.25) is 0 Å². The summed E-state index contributed by atoms with van der Waals surface area (Å²) in [6, 6.07) is 69.5. The van der Waals surface area contributed by atoms with Crippen LogP contribution in [0.2, 0.25) is 0 Å². The van der Waals surface area contributed by atoms with Crippen LogP contribution in [-0.4, -0.2) is 24.9 Å². The van der Waals surface area contributed by atoms with Gasteiger partial charge in [-0.2, -0.15) is 24.3 Å². The van der Waals surface area contributed by atoms with Gasteiger partial charge in [0, 0.05) is 35.0 Å². The molecule has 0 N–H and O–H groups in total. The molecule has 2 aliphatic carbocycles. The molecule has 0 aliphatic heterocycles. The molecule has 0 unspecified atom stereocenters. The van der Waals surface area contributed by atoms with Crippen LogP contribution in [0.15, 0.2) is 195 Å². The zero-order chi connectivity index (χ0) is 53.1. The van der Waals surface area contributed by atoms with Crippen LogP contribution >= 0.6 is 0 Å². The Kier molecular flexibility index (Phi) is 15.9. The quantitative estimate of drug-likeness (QED) is 0.0957. The van der Waals surface area contributed by atoms with Gasteiger partial charge in [0.25, 0.3) is 0 Å². The minimum absolute atomic E-state index is 0. The normalized spacial score (nSPS) is 14.6. The van der Waals surface area contributed by atoms with Crippen molar-refractivity contribution in [2.45, 2.75) is 115 Å². The Morgan fingerprint density at radius 1 is 0.418 bits per heavy atom. The summed E-state index contributed by atoms with van der Waals surface area (Å²) in [5, 5.41) is 0. The molecular formula is C73H66IrN5.